The highest BCUT2D eigenvalue weighted by molar-refractivity contribution is 6.44. The van der Waals surface area contributed by atoms with Gasteiger partial charge >= 0.3 is 0 Å². The van der Waals surface area contributed by atoms with Crippen molar-refractivity contribution in [2.24, 2.45) is 5.92 Å². The van der Waals surface area contributed by atoms with Crippen LogP contribution in [0.3, 0.4) is 0 Å². The second kappa shape index (κ2) is 8.33. The molecule has 1 aliphatic rings. The smallest absolute Gasteiger partial charge is 0.291 e. The normalized spacial score (nSPS) is 19.4. The van der Waals surface area contributed by atoms with Gasteiger partial charge in [-0.05, 0) is 44.5 Å². The number of Topliss-reactive ketones (excluding diaryl/α,β-unsaturated/α-hetero) is 2. The Labute approximate surface area is 171 Å². The van der Waals surface area contributed by atoms with Gasteiger partial charge in [0.05, 0.1) is 20.6 Å². The molecule has 2 atom stereocenters. The highest BCUT2D eigenvalue weighted by atomic mass is 16.3. The van der Waals surface area contributed by atoms with E-state index >= 15 is 0 Å². The maximum Gasteiger partial charge on any atom is 0.291 e. The fraction of sp³-hybridized carbons (Fsp3) is 0.435. The zero-order valence-electron chi connectivity index (χ0n) is 17.7. The molecule has 1 fully saturated rings. The van der Waals surface area contributed by atoms with Crippen LogP contribution in [0.1, 0.15) is 45.5 Å². The number of likely N-dealkylation sites (tertiary alicyclic amines) is 1. The summed E-state index contributed by atoms with van der Waals surface area (Å²) in [4.78, 5) is 42.0. The standard InChI is InChI=1S/C23H28N2O4/c1-14-7-8-15(2)17(13-14)21(26)19-20(18-10-9-16(3)29-18)25(23(28)22(19)27)12-6-11-24(4)5/h7-10,13,19-20H,6,11-12H2,1-5H3/p+1. The molecule has 1 amide bonds. The highest BCUT2D eigenvalue weighted by Gasteiger charge is 2.52. The average molecular weight is 397 g/mol. The number of quaternary nitrogens is 1. The number of rotatable bonds is 7. The Hall–Kier alpha value is -2.73. The number of hydrogen-bond donors (Lipinski definition) is 1. The monoisotopic (exact) mass is 397 g/mol. The summed E-state index contributed by atoms with van der Waals surface area (Å²) in [6.07, 6.45) is 0.738. The van der Waals surface area contributed by atoms with Crippen molar-refractivity contribution >= 4 is 17.5 Å². The van der Waals surface area contributed by atoms with Gasteiger partial charge in [0, 0.05) is 18.5 Å². The molecule has 0 spiro atoms. The molecule has 1 aliphatic heterocycles. The molecule has 2 heterocycles. The molecular formula is C23H29N2O4+. The van der Waals surface area contributed by atoms with Crippen LogP contribution in [0.15, 0.2) is 34.7 Å². The van der Waals surface area contributed by atoms with E-state index in [-0.39, 0.29) is 5.78 Å². The Balaban J connectivity index is 2.01. The van der Waals surface area contributed by atoms with Crippen molar-refractivity contribution in [1.29, 1.82) is 0 Å². The van der Waals surface area contributed by atoms with E-state index in [0.29, 0.717) is 23.6 Å². The topological polar surface area (TPSA) is 72.0 Å². The molecular weight excluding hydrogens is 368 g/mol. The van der Waals surface area contributed by atoms with Gasteiger partial charge in [0.2, 0.25) is 5.78 Å². The number of furan rings is 1. The van der Waals surface area contributed by atoms with Crippen LogP contribution in [-0.4, -0.2) is 49.6 Å². The summed E-state index contributed by atoms with van der Waals surface area (Å²) in [5, 5.41) is 0. The van der Waals surface area contributed by atoms with E-state index in [4.69, 9.17) is 4.42 Å². The molecule has 0 saturated carbocycles. The first-order valence-corrected chi connectivity index (χ1v) is 10.0. The highest BCUT2D eigenvalue weighted by Crippen LogP contribution is 2.39. The third-order valence-corrected chi connectivity index (χ3v) is 5.48. The number of ketones is 2. The molecule has 1 aromatic carbocycles. The first kappa shape index (κ1) is 21.0. The van der Waals surface area contributed by atoms with Gasteiger partial charge in [-0.15, -0.1) is 0 Å². The van der Waals surface area contributed by atoms with Crippen molar-refractivity contribution in [3.05, 3.63) is 58.5 Å². The fourth-order valence-corrected chi connectivity index (χ4v) is 3.93. The Kier molecular flexibility index (Phi) is 6.03. The van der Waals surface area contributed by atoms with Gasteiger partial charge in [-0.2, -0.15) is 0 Å². The Morgan fingerprint density at radius 2 is 1.83 bits per heavy atom. The number of nitrogens with one attached hydrogen (secondary N) is 1. The number of hydrogen-bond acceptors (Lipinski definition) is 4. The molecule has 3 rings (SSSR count). The summed E-state index contributed by atoms with van der Waals surface area (Å²) in [5.74, 6) is -1.47. The van der Waals surface area contributed by atoms with Crippen molar-refractivity contribution < 1.29 is 23.7 Å². The quantitative estimate of drug-likeness (QED) is 0.438. The van der Waals surface area contributed by atoms with Gasteiger partial charge < -0.3 is 14.2 Å². The van der Waals surface area contributed by atoms with Crippen molar-refractivity contribution in [1.82, 2.24) is 4.90 Å². The van der Waals surface area contributed by atoms with Crippen LogP contribution in [0.5, 0.6) is 0 Å². The first-order valence-electron chi connectivity index (χ1n) is 10.0. The number of nitrogens with zero attached hydrogens (tertiary/aromatic N) is 1. The molecule has 1 N–H and O–H groups in total. The molecule has 6 nitrogen and oxygen atoms in total. The predicted octanol–water partition coefficient (Wildman–Crippen LogP) is 1.69. The summed E-state index contributed by atoms with van der Waals surface area (Å²) < 4.78 is 5.79. The van der Waals surface area contributed by atoms with Gasteiger partial charge in [0.15, 0.2) is 5.78 Å². The minimum Gasteiger partial charge on any atom is -0.464 e. The van der Waals surface area contributed by atoms with E-state index in [9.17, 15) is 14.4 Å². The lowest BCUT2D eigenvalue weighted by atomic mass is 9.86. The van der Waals surface area contributed by atoms with Crippen molar-refractivity contribution in [3.63, 3.8) is 0 Å². The van der Waals surface area contributed by atoms with E-state index in [1.54, 1.807) is 18.2 Å². The first-order chi connectivity index (χ1) is 13.7. The van der Waals surface area contributed by atoms with E-state index < -0.39 is 23.7 Å². The molecule has 0 aliphatic carbocycles. The summed E-state index contributed by atoms with van der Waals surface area (Å²) in [6, 6.07) is 8.44. The largest absolute Gasteiger partial charge is 0.464 e. The minimum atomic E-state index is -1.08. The van der Waals surface area contributed by atoms with Gasteiger partial charge in [-0.3, -0.25) is 14.4 Å². The second-order valence-electron chi connectivity index (χ2n) is 8.23. The summed E-state index contributed by atoms with van der Waals surface area (Å²) in [6.45, 7) is 6.83. The van der Waals surface area contributed by atoms with Gasteiger partial charge in [0.25, 0.3) is 5.91 Å². The number of carbonyl (C=O) groups is 3. The van der Waals surface area contributed by atoms with Crippen LogP contribution < -0.4 is 4.90 Å². The van der Waals surface area contributed by atoms with Crippen molar-refractivity contribution in [2.45, 2.75) is 33.2 Å². The zero-order chi connectivity index (χ0) is 21.3. The molecule has 1 saturated heterocycles. The average Bonchev–Trinajstić information content (AvgIpc) is 3.19. The van der Waals surface area contributed by atoms with Crippen LogP contribution in [0.2, 0.25) is 0 Å². The van der Waals surface area contributed by atoms with Gasteiger partial charge in [0.1, 0.15) is 23.5 Å². The van der Waals surface area contributed by atoms with Crippen LogP contribution in [0.4, 0.5) is 0 Å². The Morgan fingerprint density at radius 1 is 1.10 bits per heavy atom. The van der Waals surface area contributed by atoms with E-state index in [1.165, 1.54) is 9.80 Å². The summed E-state index contributed by atoms with van der Waals surface area (Å²) in [7, 11) is 4.08. The molecule has 29 heavy (non-hydrogen) atoms. The number of carbonyl (C=O) groups excluding carboxylic acids is 3. The molecule has 2 unspecified atom stereocenters. The van der Waals surface area contributed by atoms with E-state index in [0.717, 1.165) is 24.1 Å². The fourth-order valence-electron chi connectivity index (χ4n) is 3.93. The predicted molar refractivity (Wildman–Crippen MR) is 109 cm³/mol. The Bertz CT molecular complexity index is 944. The van der Waals surface area contributed by atoms with E-state index in [2.05, 4.69) is 0 Å². The van der Waals surface area contributed by atoms with Crippen LogP contribution >= 0.6 is 0 Å². The van der Waals surface area contributed by atoms with Crippen molar-refractivity contribution in [2.75, 3.05) is 27.2 Å². The van der Waals surface area contributed by atoms with Gasteiger partial charge in [-0.25, -0.2) is 0 Å². The third-order valence-electron chi connectivity index (χ3n) is 5.48. The zero-order valence-corrected chi connectivity index (χ0v) is 17.7. The SMILES string of the molecule is Cc1ccc(C)c(C(=O)C2C(=O)C(=O)N(CCC[NH+](C)C)C2c2ccc(C)o2)c1. The Morgan fingerprint density at radius 3 is 2.45 bits per heavy atom. The summed E-state index contributed by atoms with van der Waals surface area (Å²) in [5.41, 5.74) is 2.22. The second-order valence-corrected chi connectivity index (χ2v) is 8.23. The van der Waals surface area contributed by atoms with Crippen LogP contribution in [0.25, 0.3) is 0 Å². The lowest BCUT2D eigenvalue weighted by Crippen LogP contribution is -3.05. The number of amides is 1. The molecule has 0 bridgehead atoms. The maximum atomic E-state index is 13.4. The molecule has 1 aromatic heterocycles. The number of benzene rings is 1. The van der Waals surface area contributed by atoms with E-state index in [1.807, 2.05) is 47.0 Å². The lowest BCUT2D eigenvalue weighted by Gasteiger charge is -2.25. The molecule has 0 radical (unpaired) electrons. The van der Waals surface area contributed by atoms with Crippen molar-refractivity contribution in [3.8, 4) is 0 Å². The van der Waals surface area contributed by atoms with Crippen LogP contribution in [-0.2, 0) is 9.59 Å². The minimum absolute atomic E-state index is 0.315. The van der Waals surface area contributed by atoms with Crippen LogP contribution in [0, 0.1) is 26.7 Å². The molecule has 2 aromatic rings. The summed E-state index contributed by atoms with van der Waals surface area (Å²) >= 11 is 0. The molecule has 154 valence electrons. The number of aryl methyl sites for hydroxylation is 3. The van der Waals surface area contributed by atoms with Gasteiger partial charge in [-0.1, -0.05) is 17.7 Å². The third kappa shape index (κ3) is 4.17. The molecule has 6 heteroatoms. The lowest BCUT2D eigenvalue weighted by molar-refractivity contribution is -0.858. The maximum absolute atomic E-state index is 13.4.